The molecule has 0 atom stereocenters. The predicted molar refractivity (Wildman–Crippen MR) is 61.8 cm³/mol. The summed E-state index contributed by atoms with van der Waals surface area (Å²) in [5.41, 5.74) is 7.62. The van der Waals surface area contributed by atoms with E-state index in [0.29, 0.717) is 11.4 Å². The smallest absolute Gasteiger partial charge is 0.301 e. The quantitative estimate of drug-likeness (QED) is 0.753. The number of nitrogen functional groups attached to an aromatic ring is 1. The number of aryl methyl sites for hydroxylation is 1. The summed E-state index contributed by atoms with van der Waals surface area (Å²) in [6.45, 7) is 1.82. The largest absolute Gasteiger partial charge is 0.399 e. The Hall–Kier alpha value is -1.27. The highest BCUT2D eigenvalue weighted by Gasteiger charge is 2.12. The lowest BCUT2D eigenvalue weighted by Crippen LogP contribution is -2.28. The minimum atomic E-state index is -3.44. The second kappa shape index (κ2) is 4.08. The van der Waals surface area contributed by atoms with Crippen molar-refractivity contribution in [1.82, 2.24) is 4.31 Å². The molecule has 0 spiro atoms. The average molecular weight is 229 g/mol. The molecule has 1 rings (SSSR count). The van der Waals surface area contributed by atoms with Gasteiger partial charge in [0.05, 0.1) is 5.69 Å². The number of hydrogen-bond acceptors (Lipinski definition) is 3. The lowest BCUT2D eigenvalue weighted by molar-refractivity contribution is 0.527. The maximum atomic E-state index is 11.5. The highest BCUT2D eigenvalue weighted by molar-refractivity contribution is 7.90. The lowest BCUT2D eigenvalue weighted by Gasteiger charge is -2.14. The number of anilines is 2. The van der Waals surface area contributed by atoms with Crippen molar-refractivity contribution in [2.75, 3.05) is 24.6 Å². The SMILES string of the molecule is Cc1cc(NS(=O)(=O)N(C)C)ccc1N. The molecule has 0 saturated heterocycles. The fourth-order valence-electron chi connectivity index (χ4n) is 0.979. The Bertz CT molecular complexity index is 454. The van der Waals surface area contributed by atoms with Crippen molar-refractivity contribution in [3.63, 3.8) is 0 Å². The van der Waals surface area contributed by atoms with Crippen molar-refractivity contribution in [3.05, 3.63) is 23.8 Å². The molecule has 0 unspecified atom stereocenters. The molecule has 0 fully saturated rings. The van der Waals surface area contributed by atoms with Gasteiger partial charge in [-0.15, -0.1) is 0 Å². The highest BCUT2D eigenvalue weighted by Crippen LogP contribution is 2.17. The number of benzene rings is 1. The van der Waals surface area contributed by atoms with Gasteiger partial charge in [-0.1, -0.05) is 0 Å². The number of nitrogens with two attached hydrogens (primary N) is 1. The van der Waals surface area contributed by atoms with Crippen LogP contribution in [-0.2, 0) is 10.2 Å². The maximum Gasteiger partial charge on any atom is 0.301 e. The van der Waals surface area contributed by atoms with E-state index < -0.39 is 10.2 Å². The highest BCUT2D eigenvalue weighted by atomic mass is 32.2. The second-order valence-electron chi connectivity index (χ2n) is 3.46. The van der Waals surface area contributed by atoms with Gasteiger partial charge in [0.15, 0.2) is 0 Å². The molecule has 0 radical (unpaired) electrons. The average Bonchev–Trinajstić information content (AvgIpc) is 2.10. The van der Waals surface area contributed by atoms with E-state index in [2.05, 4.69) is 4.72 Å². The van der Waals surface area contributed by atoms with E-state index >= 15 is 0 Å². The minimum Gasteiger partial charge on any atom is -0.399 e. The first-order valence-corrected chi connectivity index (χ1v) is 5.83. The van der Waals surface area contributed by atoms with Gasteiger partial charge in [-0.3, -0.25) is 4.72 Å². The predicted octanol–water partition coefficient (Wildman–Crippen LogP) is 0.796. The van der Waals surface area contributed by atoms with Gasteiger partial charge < -0.3 is 5.73 Å². The van der Waals surface area contributed by atoms with Crippen LogP contribution in [0.3, 0.4) is 0 Å². The second-order valence-corrected chi connectivity index (χ2v) is 5.35. The number of nitrogens with zero attached hydrogens (tertiary/aromatic N) is 1. The molecular weight excluding hydrogens is 214 g/mol. The van der Waals surface area contributed by atoms with Crippen molar-refractivity contribution in [2.24, 2.45) is 0 Å². The molecule has 5 nitrogen and oxygen atoms in total. The maximum absolute atomic E-state index is 11.5. The van der Waals surface area contributed by atoms with Gasteiger partial charge in [-0.25, -0.2) is 0 Å². The van der Waals surface area contributed by atoms with Crippen LogP contribution in [0.2, 0.25) is 0 Å². The summed E-state index contributed by atoms with van der Waals surface area (Å²) in [6, 6.07) is 4.99. The molecule has 0 heterocycles. The molecular formula is C9H15N3O2S. The molecule has 3 N–H and O–H groups in total. The fraction of sp³-hybridized carbons (Fsp3) is 0.333. The molecule has 0 aliphatic rings. The van der Waals surface area contributed by atoms with Crippen LogP contribution in [0.1, 0.15) is 5.56 Å². The monoisotopic (exact) mass is 229 g/mol. The van der Waals surface area contributed by atoms with Gasteiger partial charge in [-0.05, 0) is 30.7 Å². The van der Waals surface area contributed by atoms with Crippen LogP contribution in [0.5, 0.6) is 0 Å². The van der Waals surface area contributed by atoms with Crippen LogP contribution >= 0.6 is 0 Å². The van der Waals surface area contributed by atoms with Gasteiger partial charge in [-0.2, -0.15) is 12.7 Å². The fourth-order valence-corrected chi connectivity index (χ4v) is 1.59. The molecule has 15 heavy (non-hydrogen) atoms. The Labute approximate surface area is 90.1 Å². The zero-order chi connectivity index (χ0) is 11.6. The summed E-state index contributed by atoms with van der Waals surface area (Å²) in [4.78, 5) is 0. The van der Waals surface area contributed by atoms with Crippen molar-refractivity contribution < 1.29 is 8.42 Å². The van der Waals surface area contributed by atoms with Crippen molar-refractivity contribution >= 4 is 21.6 Å². The molecule has 0 aromatic heterocycles. The third-order valence-electron chi connectivity index (χ3n) is 2.00. The van der Waals surface area contributed by atoms with Crippen molar-refractivity contribution in [3.8, 4) is 0 Å². The van der Waals surface area contributed by atoms with Crippen LogP contribution in [0, 0.1) is 6.92 Å². The molecule has 0 aliphatic carbocycles. The molecule has 1 aromatic carbocycles. The summed E-state index contributed by atoms with van der Waals surface area (Å²) in [5, 5.41) is 0. The van der Waals surface area contributed by atoms with E-state index in [1.165, 1.54) is 14.1 Å². The Balaban J connectivity index is 2.96. The standard InChI is InChI=1S/C9H15N3O2S/c1-7-6-8(4-5-9(7)10)11-15(13,14)12(2)3/h4-6,11H,10H2,1-3H3. The molecule has 0 saturated carbocycles. The Morgan fingerprint density at radius 3 is 2.40 bits per heavy atom. The van der Waals surface area contributed by atoms with E-state index in [1.807, 2.05) is 6.92 Å². The first-order chi connectivity index (χ1) is 6.83. The van der Waals surface area contributed by atoms with E-state index in [-0.39, 0.29) is 0 Å². The molecule has 0 aliphatic heterocycles. The van der Waals surface area contributed by atoms with Crippen molar-refractivity contribution in [1.29, 1.82) is 0 Å². The van der Waals surface area contributed by atoms with Crippen LogP contribution in [0.4, 0.5) is 11.4 Å². The summed E-state index contributed by atoms with van der Waals surface area (Å²) in [6.07, 6.45) is 0. The first-order valence-electron chi connectivity index (χ1n) is 4.39. The Morgan fingerprint density at radius 1 is 1.33 bits per heavy atom. The molecule has 0 bridgehead atoms. The lowest BCUT2D eigenvalue weighted by atomic mass is 10.2. The van der Waals surface area contributed by atoms with Gasteiger partial charge in [0.25, 0.3) is 0 Å². The third kappa shape index (κ3) is 2.84. The summed E-state index contributed by atoms with van der Waals surface area (Å²) in [5.74, 6) is 0. The van der Waals surface area contributed by atoms with E-state index in [4.69, 9.17) is 5.73 Å². The van der Waals surface area contributed by atoms with Crippen LogP contribution in [0.25, 0.3) is 0 Å². The van der Waals surface area contributed by atoms with Crippen LogP contribution in [-0.4, -0.2) is 26.8 Å². The Morgan fingerprint density at radius 2 is 1.93 bits per heavy atom. The zero-order valence-electron chi connectivity index (χ0n) is 8.98. The molecule has 84 valence electrons. The minimum absolute atomic E-state index is 0.510. The van der Waals surface area contributed by atoms with Gasteiger partial charge in [0, 0.05) is 19.8 Å². The van der Waals surface area contributed by atoms with Crippen LogP contribution < -0.4 is 10.5 Å². The summed E-state index contributed by atoms with van der Waals surface area (Å²) >= 11 is 0. The topological polar surface area (TPSA) is 75.4 Å². The van der Waals surface area contributed by atoms with E-state index in [1.54, 1.807) is 18.2 Å². The number of rotatable bonds is 3. The molecule has 0 amide bonds. The number of nitrogens with one attached hydrogen (secondary N) is 1. The van der Waals surface area contributed by atoms with Crippen molar-refractivity contribution in [2.45, 2.75) is 6.92 Å². The number of hydrogen-bond donors (Lipinski definition) is 2. The van der Waals surface area contributed by atoms with E-state index in [9.17, 15) is 8.42 Å². The zero-order valence-corrected chi connectivity index (χ0v) is 9.80. The van der Waals surface area contributed by atoms with Gasteiger partial charge in [0.1, 0.15) is 0 Å². The molecule has 6 heteroatoms. The van der Waals surface area contributed by atoms with Crippen LogP contribution in [0.15, 0.2) is 18.2 Å². The van der Waals surface area contributed by atoms with E-state index in [0.717, 1.165) is 9.87 Å². The first kappa shape index (κ1) is 11.8. The Kier molecular flexibility index (Phi) is 3.21. The van der Waals surface area contributed by atoms with Gasteiger partial charge in [0.2, 0.25) is 0 Å². The molecule has 1 aromatic rings. The normalized spacial score (nSPS) is 11.7. The van der Waals surface area contributed by atoms with Gasteiger partial charge >= 0.3 is 10.2 Å². The third-order valence-corrected chi connectivity index (χ3v) is 3.45. The summed E-state index contributed by atoms with van der Waals surface area (Å²) in [7, 11) is -0.509. The summed E-state index contributed by atoms with van der Waals surface area (Å²) < 4.78 is 26.5.